The number of methoxy groups -OCH3 is 1. The topological polar surface area (TPSA) is 50.6 Å². The van der Waals surface area contributed by atoms with Crippen LogP contribution in [-0.4, -0.2) is 47.3 Å². The van der Waals surface area contributed by atoms with Crippen molar-refractivity contribution < 1.29 is 9.53 Å². The number of ether oxygens (including phenoxy) is 1. The Hall–Kier alpha value is -2.24. The van der Waals surface area contributed by atoms with Gasteiger partial charge in [-0.05, 0) is 37.3 Å². The molecule has 0 radical (unpaired) electrons. The molecule has 0 unspecified atom stereocenters. The number of carbonyl (C=O) groups excluding carboxylic acids is 1. The number of piperidine rings is 1. The number of hydrogen-bond acceptors (Lipinski definition) is 4. The van der Waals surface area contributed by atoms with Crippen molar-refractivity contribution in [3.05, 3.63) is 23.3 Å². The number of anilines is 1. The van der Waals surface area contributed by atoms with E-state index < -0.39 is 0 Å². The first-order valence-electron chi connectivity index (χ1n) is 8.74. The van der Waals surface area contributed by atoms with E-state index in [4.69, 9.17) is 9.72 Å². The van der Waals surface area contributed by atoms with Crippen LogP contribution in [0, 0.1) is 0 Å². The lowest BCUT2D eigenvalue weighted by Gasteiger charge is -2.27. The fourth-order valence-electron chi connectivity index (χ4n) is 3.94. The second-order valence-electron chi connectivity index (χ2n) is 6.73. The second-order valence-corrected chi connectivity index (χ2v) is 6.73. The molecule has 1 fully saturated rings. The molecule has 2 aliphatic rings. The smallest absolute Gasteiger partial charge is 0.409 e. The van der Waals surface area contributed by atoms with Crippen LogP contribution in [0.5, 0.6) is 0 Å². The van der Waals surface area contributed by atoms with Crippen molar-refractivity contribution in [1.29, 1.82) is 0 Å². The van der Waals surface area contributed by atoms with E-state index >= 15 is 0 Å². The molecule has 6 heteroatoms. The van der Waals surface area contributed by atoms with E-state index in [-0.39, 0.29) is 6.09 Å². The Balaban J connectivity index is 1.76. The van der Waals surface area contributed by atoms with Crippen LogP contribution in [0.1, 0.15) is 30.4 Å². The predicted octanol–water partition coefficient (Wildman–Crippen LogP) is 2.69. The van der Waals surface area contributed by atoms with Gasteiger partial charge in [0.05, 0.1) is 24.7 Å². The van der Waals surface area contributed by atoms with Crippen molar-refractivity contribution in [2.24, 2.45) is 7.05 Å². The van der Waals surface area contributed by atoms with Gasteiger partial charge in [-0.2, -0.15) is 0 Å². The maximum atomic E-state index is 11.9. The molecule has 4 rings (SSSR count). The summed E-state index contributed by atoms with van der Waals surface area (Å²) < 4.78 is 7.09. The summed E-state index contributed by atoms with van der Waals surface area (Å²) in [5, 5.41) is 0. The molecule has 1 aromatic heterocycles. The lowest BCUT2D eigenvalue weighted by molar-refractivity contribution is 0.119. The Labute approximate surface area is 142 Å². The fraction of sp³-hybridized carbons (Fsp3) is 0.556. The quantitative estimate of drug-likeness (QED) is 0.808. The largest absolute Gasteiger partial charge is 0.453 e. The number of imidazole rings is 1. The van der Waals surface area contributed by atoms with E-state index in [0.29, 0.717) is 13.1 Å². The second kappa shape index (κ2) is 6.00. The van der Waals surface area contributed by atoms with Crippen molar-refractivity contribution in [2.75, 3.05) is 31.6 Å². The van der Waals surface area contributed by atoms with Crippen molar-refractivity contribution >= 4 is 23.1 Å². The zero-order valence-electron chi connectivity index (χ0n) is 14.4. The van der Waals surface area contributed by atoms with E-state index in [1.54, 1.807) is 4.90 Å². The summed E-state index contributed by atoms with van der Waals surface area (Å²) in [4.78, 5) is 21.0. The van der Waals surface area contributed by atoms with Crippen molar-refractivity contribution in [3.63, 3.8) is 0 Å². The minimum atomic E-state index is -0.259. The highest BCUT2D eigenvalue weighted by Gasteiger charge is 2.26. The molecule has 0 bridgehead atoms. The van der Waals surface area contributed by atoms with E-state index in [1.807, 2.05) is 0 Å². The van der Waals surface area contributed by atoms with Gasteiger partial charge in [0.25, 0.3) is 0 Å². The number of aryl methyl sites for hydroxylation is 1. The Morgan fingerprint density at radius 2 is 1.96 bits per heavy atom. The highest BCUT2D eigenvalue weighted by Crippen LogP contribution is 2.31. The highest BCUT2D eigenvalue weighted by molar-refractivity contribution is 5.84. The van der Waals surface area contributed by atoms with Crippen LogP contribution < -0.4 is 4.90 Å². The van der Waals surface area contributed by atoms with Crippen LogP contribution in [-0.2, 0) is 24.8 Å². The van der Waals surface area contributed by atoms with Gasteiger partial charge in [0.2, 0.25) is 5.95 Å². The van der Waals surface area contributed by atoms with Crippen LogP contribution in [0.2, 0.25) is 0 Å². The van der Waals surface area contributed by atoms with Crippen LogP contribution >= 0.6 is 0 Å². The summed E-state index contributed by atoms with van der Waals surface area (Å²) in [7, 11) is 3.53. The molecule has 0 atom stereocenters. The van der Waals surface area contributed by atoms with Crippen molar-refractivity contribution in [1.82, 2.24) is 14.5 Å². The zero-order chi connectivity index (χ0) is 16.7. The van der Waals surface area contributed by atoms with Crippen LogP contribution in [0.3, 0.4) is 0 Å². The fourth-order valence-corrected chi connectivity index (χ4v) is 3.94. The molecule has 1 amide bonds. The van der Waals surface area contributed by atoms with Gasteiger partial charge >= 0.3 is 6.09 Å². The highest BCUT2D eigenvalue weighted by atomic mass is 16.5. The number of nitrogens with zero attached hydrogens (tertiary/aromatic N) is 4. The maximum absolute atomic E-state index is 11.9. The standard InChI is InChI=1S/C18H24N4O2/c1-20-15-7-6-13-8-11-22(18(23)24-2)12-14(13)16(15)19-17(20)21-9-4-3-5-10-21/h6-7H,3-5,8-12H2,1-2H3. The number of benzene rings is 1. The van der Waals surface area contributed by atoms with E-state index in [2.05, 4.69) is 28.6 Å². The van der Waals surface area contributed by atoms with Crippen LogP contribution in [0.4, 0.5) is 10.7 Å². The molecule has 128 valence electrons. The molecule has 0 spiro atoms. The van der Waals surface area contributed by atoms with E-state index in [1.165, 1.54) is 37.5 Å². The Kier molecular flexibility index (Phi) is 3.82. The normalized spacial score (nSPS) is 17.9. The van der Waals surface area contributed by atoms with Gasteiger partial charge < -0.3 is 19.1 Å². The van der Waals surface area contributed by atoms with Gasteiger partial charge in [-0.25, -0.2) is 9.78 Å². The third-order valence-corrected chi connectivity index (χ3v) is 5.30. The van der Waals surface area contributed by atoms with Gasteiger partial charge in [-0.1, -0.05) is 6.07 Å². The lowest BCUT2D eigenvalue weighted by atomic mass is 9.98. The lowest BCUT2D eigenvalue weighted by Crippen LogP contribution is -2.35. The molecule has 1 saturated heterocycles. The SMILES string of the molecule is COC(=O)N1CCc2ccc3c(nc(N4CCCCC4)n3C)c2C1. The van der Waals surface area contributed by atoms with Gasteiger partial charge in [-0.15, -0.1) is 0 Å². The van der Waals surface area contributed by atoms with Gasteiger partial charge in [0, 0.05) is 32.2 Å². The van der Waals surface area contributed by atoms with E-state index in [0.717, 1.165) is 36.5 Å². The molecule has 3 heterocycles. The predicted molar refractivity (Wildman–Crippen MR) is 93.3 cm³/mol. The van der Waals surface area contributed by atoms with Gasteiger partial charge in [0.1, 0.15) is 0 Å². The third kappa shape index (κ3) is 2.41. The molecular formula is C18H24N4O2. The molecule has 0 saturated carbocycles. The molecular weight excluding hydrogens is 304 g/mol. The van der Waals surface area contributed by atoms with Crippen molar-refractivity contribution in [2.45, 2.75) is 32.2 Å². The summed E-state index contributed by atoms with van der Waals surface area (Å²) in [6.07, 6.45) is 4.37. The van der Waals surface area contributed by atoms with Gasteiger partial charge in [0.15, 0.2) is 0 Å². The number of fused-ring (bicyclic) bond motifs is 3. The molecule has 2 aliphatic heterocycles. The minimum Gasteiger partial charge on any atom is -0.453 e. The van der Waals surface area contributed by atoms with Crippen LogP contribution in [0.25, 0.3) is 11.0 Å². The monoisotopic (exact) mass is 328 g/mol. The molecule has 1 aromatic carbocycles. The number of aromatic nitrogens is 2. The maximum Gasteiger partial charge on any atom is 0.409 e. The summed E-state index contributed by atoms with van der Waals surface area (Å²) >= 11 is 0. The molecule has 2 aromatic rings. The summed E-state index contributed by atoms with van der Waals surface area (Å²) in [5.74, 6) is 1.05. The van der Waals surface area contributed by atoms with Gasteiger partial charge in [-0.3, -0.25) is 0 Å². The van der Waals surface area contributed by atoms with Crippen molar-refractivity contribution in [3.8, 4) is 0 Å². The summed E-state index contributed by atoms with van der Waals surface area (Å²) in [6.45, 7) is 3.44. The first kappa shape index (κ1) is 15.3. The first-order valence-corrected chi connectivity index (χ1v) is 8.74. The third-order valence-electron chi connectivity index (χ3n) is 5.30. The molecule has 0 aliphatic carbocycles. The molecule has 24 heavy (non-hydrogen) atoms. The molecule has 6 nitrogen and oxygen atoms in total. The number of amides is 1. The number of hydrogen-bond donors (Lipinski definition) is 0. The average molecular weight is 328 g/mol. The number of rotatable bonds is 1. The van der Waals surface area contributed by atoms with Crippen LogP contribution in [0.15, 0.2) is 12.1 Å². The Bertz CT molecular complexity index is 777. The zero-order valence-corrected chi connectivity index (χ0v) is 14.4. The summed E-state index contributed by atoms with van der Waals surface area (Å²) in [5.41, 5.74) is 4.64. The molecule has 0 N–H and O–H groups in total. The minimum absolute atomic E-state index is 0.259. The Morgan fingerprint density at radius 1 is 1.17 bits per heavy atom. The number of carbonyl (C=O) groups is 1. The Morgan fingerprint density at radius 3 is 2.71 bits per heavy atom. The van der Waals surface area contributed by atoms with E-state index in [9.17, 15) is 4.79 Å². The summed E-state index contributed by atoms with van der Waals surface area (Å²) in [6, 6.07) is 4.36. The first-order chi connectivity index (χ1) is 11.7. The average Bonchev–Trinajstić information content (AvgIpc) is 2.98.